The monoisotopic (exact) mass is 384 g/mol. The molecule has 0 aromatic rings. The van der Waals surface area contributed by atoms with Crippen molar-refractivity contribution >= 4 is 0 Å². The van der Waals surface area contributed by atoms with Gasteiger partial charge in [-0.05, 0) is 36.5 Å². The quantitative estimate of drug-likeness (QED) is 0.302. The Morgan fingerprint density at radius 3 is 1.59 bits per heavy atom. The fourth-order valence-electron chi connectivity index (χ4n) is 3.22. The summed E-state index contributed by atoms with van der Waals surface area (Å²) in [6.45, 7) is 28.0. The summed E-state index contributed by atoms with van der Waals surface area (Å²) in [6, 6.07) is 0. The first kappa shape index (κ1) is 34.3. The van der Waals surface area contributed by atoms with Gasteiger partial charge in [0.15, 0.2) is 0 Å². The van der Waals surface area contributed by atoms with Crippen LogP contribution in [-0.4, -0.2) is 0 Å². The second-order valence-corrected chi connectivity index (χ2v) is 8.30. The minimum Gasteiger partial charge on any atom is -0.103 e. The topological polar surface area (TPSA) is 0 Å². The number of rotatable bonds is 7. The summed E-state index contributed by atoms with van der Waals surface area (Å²) in [5.41, 5.74) is 0.675. The summed E-state index contributed by atoms with van der Waals surface area (Å²) in [7, 11) is 0. The zero-order chi connectivity index (χ0) is 22.1. The van der Waals surface area contributed by atoms with E-state index in [-0.39, 0.29) is 0 Å². The number of hydrogen-bond acceptors (Lipinski definition) is 0. The highest BCUT2D eigenvalue weighted by Gasteiger charge is 2.36. The van der Waals surface area contributed by atoms with Gasteiger partial charge in [-0.15, -0.1) is 6.58 Å². The lowest BCUT2D eigenvalue weighted by Crippen LogP contribution is -2.21. The average Bonchev–Trinajstić information content (AvgIpc) is 3.03. The maximum atomic E-state index is 3.55. The Morgan fingerprint density at radius 1 is 0.963 bits per heavy atom. The molecule has 0 nitrogen and oxygen atoms in total. The molecule has 0 radical (unpaired) electrons. The first-order valence-electron chi connectivity index (χ1n) is 12.4. The predicted octanol–water partition coefficient (Wildman–Crippen LogP) is 10.9. The third-order valence-corrected chi connectivity index (χ3v) is 5.28. The van der Waals surface area contributed by atoms with Crippen molar-refractivity contribution in [1.29, 1.82) is 0 Å². The van der Waals surface area contributed by atoms with Gasteiger partial charge in [-0.2, -0.15) is 0 Å². The molecule has 0 aliphatic heterocycles. The van der Waals surface area contributed by atoms with E-state index in [2.05, 4.69) is 68.9 Å². The molecular weight excluding hydrogens is 324 g/mol. The van der Waals surface area contributed by atoms with E-state index in [0.29, 0.717) is 5.41 Å². The van der Waals surface area contributed by atoms with Gasteiger partial charge in [-0.3, -0.25) is 0 Å². The molecule has 0 heteroatoms. The average molecular weight is 385 g/mol. The van der Waals surface area contributed by atoms with Crippen LogP contribution < -0.4 is 0 Å². The Balaban J connectivity index is -0.000000142. The van der Waals surface area contributed by atoms with Crippen LogP contribution in [0.25, 0.3) is 0 Å². The van der Waals surface area contributed by atoms with Crippen LogP contribution in [0, 0.1) is 17.3 Å². The second-order valence-electron chi connectivity index (χ2n) is 8.30. The second kappa shape index (κ2) is 28.0. The molecule has 1 saturated carbocycles. The van der Waals surface area contributed by atoms with Gasteiger partial charge in [0.2, 0.25) is 0 Å². The Hall–Kier alpha value is -0.260. The van der Waals surface area contributed by atoms with Gasteiger partial charge >= 0.3 is 0 Å². The molecule has 0 heterocycles. The van der Waals surface area contributed by atoms with Crippen LogP contribution in [0.3, 0.4) is 0 Å². The van der Waals surface area contributed by atoms with Gasteiger partial charge in [-0.25, -0.2) is 0 Å². The standard InChI is InChI=1S/C11H22.C6H14.C5H10.C3H8.C2H6/c1-5-10(3)11(4)7-6-9(2)8-11;1-3-5-6-4-2;1-3-5-4-2;1-3-2;1-2/h9-10H,5-8H2,1-4H3;3-6H2,1-2H3;3H,1,4-5H2,2H3;3H2,1-2H3;1-2H3. The van der Waals surface area contributed by atoms with E-state index in [9.17, 15) is 0 Å². The highest BCUT2D eigenvalue weighted by Crippen LogP contribution is 2.47. The molecule has 0 N–H and O–H groups in total. The van der Waals surface area contributed by atoms with Crippen molar-refractivity contribution in [3.05, 3.63) is 12.7 Å². The SMILES string of the molecule is C=CCCC.CC.CCC.CCC(C)C1(C)CCC(C)C1.CCCCCC. The van der Waals surface area contributed by atoms with E-state index in [4.69, 9.17) is 0 Å². The van der Waals surface area contributed by atoms with Gasteiger partial charge in [0.25, 0.3) is 0 Å². The number of hydrogen-bond donors (Lipinski definition) is 0. The molecule has 0 aromatic heterocycles. The first-order valence-corrected chi connectivity index (χ1v) is 12.4. The van der Waals surface area contributed by atoms with Crippen LogP contribution in [0.5, 0.6) is 0 Å². The summed E-state index contributed by atoms with van der Waals surface area (Å²) in [5, 5.41) is 0. The number of unbranched alkanes of at least 4 members (excludes halogenated alkanes) is 4. The van der Waals surface area contributed by atoms with Crippen LogP contribution >= 0.6 is 0 Å². The van der Waals surface area contributed by atoms with Crippen molar-refractivity contribution in [3.63, 3.8) is 0 Å². The Labute approximate surface area is 177 Å². The molecule has 0 amide bonds. The largest absolute Gasteiger partial charge is 0.103 e. The van der Waals surface area contributed by atoms with E-state index in [1.807, 2.05) is 19.9 Å². The predicted molar refractivity (Wildman–Crippen MR) is 133 cm³/mol. The fourth-order valence-corrected chi connectivity index (χ4v) is 3.22. The third kappa shape index (κ3) is 25.7. The molecule has 0 spiro atoms. The van der Waals surface area contributed by atoms with E-state index in [1.54, 1.807) is 0 Å². The molecule has 0 aromatic carbocycles. The maximum Gasteiger partial charge on any atom is -0.0298 e. The van der Waals surface area contributed by atoms with Crippen molar-refractivity contribution < 1.29 is 0 Å². The molecule has 0 saturated heterocycles. The molecule has 3 unspecified atom stereocenters. The van der Waals surface area contributed by atoms with E-state index >= 15 is 0 Å². The Morgan fingerprint density at radius 2 is 1.41 bits per heavy atom. The molecule has 1 rings (SSSR count). The number of allylic oxidation sites excluding steroid dienone is 1. The normalized spacial score (nSPS) is 20.9. The summed E-state index contributed by atoms with van der Waals surface area (Å²) in [6.07, 6.45) is 16.8. The van der Waals surface area contributed by atoms with Gasteiger partial charge in [0.1, 0.15) is 0 Å². The Kier molecular flexibility index (Phi) is 35.5. The van der Waals surface area contributed by atoms with Crippen molar-refractivity contribution in [2.24, 2.45) is 17.3 Å². The van der Waals surface area contributed by atoms with Crippen molar-refractivity contribution in [2.75, 3.05) is 0 Å². The molecule has 1 aliphatic rings. The van der Waals surface area contributed by atoms with Crippen LogP contribution in [0.1, 0.15) is 147 Å². The highest BCUT2D eigenvalue weighted by atomic mass is 14.4. The van der Waals surface area contributed by atoms with Gasteiger partial charge < -0.3 is 0 Å². The minimum absolute atomic E-state index is 0.675. The summed E-state index contributed by atoms with van der Waals surface area (Å²) < 4.78 is 0. The van der Waals surface area contributed by atoms with E-state index < -0.39 is 0 Å². The lowest BCUT2D eigenvalue weighted by molar-refractivity contribution is 0.197. The molecule has 168 valence electrons. The highest BCUT2D eigenvalue weighted by molar-refractivity contribution is 4.87. The van der Waals surface area contributed by atoms with E-state index in [0.717, 1.165) is 18.3 Å². The van der Waals surface area contributed by atoms with E-state index in [1.165, 1.54) is 64.2 Å². The van der Waals surface area contributed by atoms with Crippen LogP contribution in [0.4, 0.5) is 0 Å². The van der Waals surface area contributed by atoms with Crippen molar-refractivity contribution in [1.82, 2.24) is 0 Å². The fraction of sp³-hybridized carbons (Fsp3) is 0.926. The molecule has 3 atom stereocenters. The Bertz CT molecular complexity index is 238. The van der Waals surface area contributed by atoms with Crippen LogP contribution in [0.2, 0.25) is 0 Å². The smallest absolute Gasteiger partial charge is 0.0298 e. The lowest BCUT2D eigenvalue weighted by Gasteiger charge is -2.30. The summed E-state index contributed by atoms with van der Waals surface area (Å²) >= 11 is 0. The molecule has 1 fully saturated rings. The first-order chi connectivity index (χ1) is 12.8. The summed E-state index contributed by atoms with van der Waals surface area (Å²) in [4.78, 5) is 0. The van der Waals surface area contributed by atoms with Crippen LogP contribution in [0.15, 0.2) is 12.7 Å². The molecule has 0 bridgehead atoms. The van der Waals surface area contributed by atoms with Gasteiger partial charge in [0.05, 0.1) is 0 Å². The molecule has 27 heavy (non-hydrogen) atoms. The minimum atomic E-state index is 0.675. The van der Waals surface area contributed by atoms with Crippen LogP contribution in [-0.2, 0) is 0 Å². The molecular formula is C27H60. The van der Waals surface area contributed by atoms with Gasteiger partial charge in [-0.1, -0.05) is 134 Å². The third-order valence-electron chi connectivity index (χ3n) is 5.28. The lowest BCUT2D eigenvalue weighted by atomic mass is 9.75. The zero-order valence-electron chi connectivity index (χ0n) is 21.7. The van der Waals surface area contributed by atoms with Crippen molar-refractivity contribution in [3.8, 4) is 0 Å². The van der Waals surface area contributed by atoms with Gasteiger partial charge in [0, 0.05) is 0 Å². The molecule has 1 aliphatic carbocycles. The maximum absolute atomic E-state index is 3.55. The zero-order valence-corrected chi connectivity index (χ0v) is 21.7. The van der Waals surface area contributed by atoms with Crippen molar-refractivity contribution in [2.45, 2.75) is 147 Å². The summed E-state index contributed by atoms with van der Waals surface area (Å²) in [5.74, 6) is 1.90.